The summed E-state index contributed by atoms with van der Waals surface area (Å²) in [6.07, 6.45) is 3.65. The van der Waals surface area contributed by atoms with Crippen molar-refractivity contribution in [1.29, 1.82) is 0 Å². The molecule has 1 saturated heterocycles. The summed E-state index contributed by atoms with van der Waals surface area (Å²) in [5.41, 5.74) is 4.05. The molecule has 0 saturated carbocycles. The minimum Gasteiger partial charge on any atom is -0.338 e. The van der Waals surface area contributed by atoms with Crippen LogP contribution in [0.4, 0.5) is 4.39 Å². The largest absolute Gasteiger partial charge is 0.338 e. The minimum absolute atomic E-state index is 0.124. The van der Waals surface area contributed by atoms with Crippen LogP contribution in [0.5, 0.6) is 0 Å². The molecule has 0 spiro atoms. The number of aryl methyl sites for hydroxylation is 2. The summed E-state index contributed by atoms with van der Waals surface area (Å²) in [7, 11) is 0. The third-order valence-electron chi connectivity index (χ3n) is 5.50. The Bertz CT molecular complexity index is 1050. The summed E-state index contributed by atoms with van der Waals surface area (Å²) < 4.78 is 13.9. The number of hydrogen-bond acceptors (Lipinski definition) is 3. The monoisotopic (exact) mass is 389 g/mol. The molecule has 1 aliphatic heterocycles. The number of halogens is 1. The van der Waals surface area contributed by atoms with Crippen molar-refractivity contribution in [2.75, 3.05) is 13.1 Å². The molecule has 1 amide bonds. The van der Waals surface area contributed by atoms with Gasteiger partial charge in [0.15, 0.2) is 5.82 Å². The van der Waals surface area contributed by atoms with Gasteiger partial charge in [0.1, 0.15) is 5.82 Å². The standard InChI is InChI=1S/C24H24FN3O/c1-16-5-3-6-18(13-16)23-26-11-10-22(27-23)20-7-4-12-28(15-20)24(29)19-9-8-17(2)21(25)14-19/h3,5-6,8-11,13-14,20H,4,7,12,15H2,1-2H3/t20-/m1/s1. The second-order valence-electron chi connectivity index (χ2n) is 7.73. The molecule has 0 aliphatic carbocycles. The topological polar surface area (TPSA) is 46.1 Å². The second-order valence-corrected chi connectivity index (χ2v) is 7.73. The molecule has 4 rings (SSSR count). The van der Waals surface area contributed by atoms with Gasteiger partial charge >= 0.3 is 0 Å². The zero-order valence-corrected chi connectivity index (χ0v) is 16.7. The molecule has 4 nitrogen and oxygen atoms in total. The van der Waals surface area contributed by atoms with Crippen molar-refractivity contribution < 1.29 is 9.18 Å². The van der Waals surface area contributed by atoms with Crippen LogP contribution < -0.4 is 0 Å². The molecule has 0 radical (unpaired) electrons. The fraction of sp³-hybridized carbons (Fsp3) is 0.292. The lowest BCUT2D eigenvalue weighted by Gasteiger charge is -2.32. The first-order valence-electron chi connectivity index (χ1n) is 9.96. The summed E-state index contributed by atoms with van der Waals surface area (Å²) in [5, 5.41) is 0. The average Bonchev–Trinajstić information content (AvgIpc) is 2.75. The number of aromatic nitrogens is 2. The smallest absolute Gasteiger partial charge is 0.253 e. The zero-order chi connectivity index (χ0) is 20.4. The summed E-state index contributed by atoms with van der Waals surface area (Å²) in [5.74, 6) is 0.384. The van der Waals surface area contributed by atoms with Gasteiger partial charge in [-0.05, 0) is 56.5 Å². The number of carbonyl (C=O) groups is 1. The van der Waals surface area contributed by atoms with E-state index in [1.54, 1.807) is 25.3 Å². The number of rotatable bonds is 3. The van der Waals surface area contributed by atoms with Crippen molar-refractivity contribution in [3.8, 4) is 11.4 Å². The third kappa shape index (κ3) is 4.19. The van der Waals surface area contributed by atoms with Gasteiger partial charge in [0, 0.05) is 42.0 Å². The average molecular weight is 389 g/mol. The van der Waals surface area contributed by atoms with Crippen LogP contribution in [0.25, 0.3) is 11.4 Å². The van der Waals surface area contributed by atoms with Gasteiger partial charge in [-0.15, -0.1) is 0 Å². The van der Waals surface area contributed by atoms with Crippen LogP contribution in [0.2, 0.25) is 0 Å². The lowest BCUT2D eigenvalue weighted by Crippen LogP contribution is -2.39. The molecule has 5 heteroatoms. The van der Waals surface area contributed by atoms with E-state index in [1.807, 2.05) is 36.1 Å². The van der Waals surface area contributed by atoms with E-state index in [2.05, 4.69) is 11.1 Å². The Morgan fingerprint density at radius 2 is 2.00 bits per heavy atom. The number of benzene rings is 2. The fourth-order valence-corrected chi connectivity index (χ4v) is 3.83. The normalized spacial score (nSPS) is 16.7. The van der Waals surface area contributed by atoms with Crippen molar-refractivity contribution in [2.45, 2.75) is 32.6 Å². The van der Waals surface area contributed by atoms with Crippen LogP contribution in [0.15, 0.2) is 54.7 Å². The molecule has 1 aromatic heterocycles. The zero-order valence-electron chi connectivity index (χ0n) is 16.7. The molecule has 29 heavy (non-hydrogen) atoms. The van der Waals surface area contributed by atoms with E-state index in [4.69, 9.17) is 4.98 Å². The van der Waals surface area contributed by atoms with E-state index in [0.29, 0.717) is 30.0 Å². The Hall–Kier alpha value is -3.08. The molecular weight excluding hydrogens is 365 g/mol. The summed E-state index contributed by atoms with van der Waals surface area (Å²) >= 11 is 0. The van der Waals surface area contributed by atoms with Gasteiger partial charge < -0.3 is 4.90 Å². The number of likely N-dealkylation sites (tertiary alicyclic amines) is 1. The molecule has 0 bridgehead atoms. The van der Waals surface area contributed by atoms with E-state index in [1.165, 1.54) is 6.07 Å². The van der Waals surface area contributed by atoms with Gasteiger partial charge in [-0.2, -0.15) is 0 Å². The van der Waals surface area contributed by atoms with Gasteiger partial charge in [-0.25, -0.2) is 14.4 Å². The SMILES string of the molecule is Cc1cccc(-c2nccc([C@@H]3CCCN(C(=O)c4ccc(C)c(F)c4)C3)n2)c1. The van der Waals surface area contributed by atoms with E-state index in [-0.39, 0.29) is 17.6 Å². The maximum Gasteiger partial charge on any atom is 0.253 e. The maximum absolute atomic E-state index is 13.9. The molecule has 148 valence electrons. The molecule has 2 heterocycles. The summed E-state index contributed by atoms with van der Waals surface area (Å²) in [6.45, 7) is 5.01. The predicted molar refractivity (Wildman–Crippen MR) is 111 cm³/mol. The first kappa shape index (κ1) is 19.2. The lowest BCUT2D eigenvalue weighted by molar-refractivity contribution is 0.0705. The Morgan fingerprint density at radius 1 is 1.14 bits per heavy atom. The first-order chi connectivity index (χ1) is 14.0. The van der Waals surface area contributed by atoms with Gasteiger partial charge in [-0.3, -0.25) is 4.79 Å². The molecule has 1 atom stereocenters. The van der Waals surface area contributed by atoms with E-state index < -0.39 is 0 Å². The highest BCUT2D eigenvalue weighted by atomic mass is 19.1. The van der Waals surface area contributed by atoms with Crippen molar-refractivity contribution in [3.63, 3.8) is 0 Å². The quantitative estimate of drug-likeness (QED) is 0.639. The molecule has 0 N–H and O–H groups in total. The number of hydrogen-bond donors (Lipinski definition) is 0. The summed E-state index contributed by atoms with van der Waals surface area (Å²) in [6, 6.07) is 14.8. The highest BCUT2D eigenvalue weighted by molar-refractivity contribution is 5.94. The van der Waals surface area contributed by atoms with Gasteiger partial charge in [0.2, 0.25) is 0 Å². The second kappa shape index (κ2) is 8.11. The van der Waals surface area contributed by atoms with E-state index in [0.717, 1.165) is 29.7 Å². The Kier molecular flexibility index (Phi) is 5.38. The van der Waals surface area contributed by atoms with Crippen LogP contribution >= 0.6 is 0 Å². The van der Waals surface area contributed by atoms with Crippen LogP contribution in [-0.4, -0.2) is 33.9 Å². The number of carbonyl (C=O) groups excluding carboxylic acids is 1. The first-order valence-corrected chi connectivity index (χ1v) is 9.96. The highest BCUT2D eigenvalue weighted by Gasteiger charge is 2.27. The third-order valence-corrected chi connectivity index (χ3v) is 5.50. The van der Waals surface area contributed by atoms with E-state index in [9.17, 15) is 9.18 Å². The van der Waals surface area contributed by atoms with E-state index >= 15 is 0 Å². The lowest BCUT2D eigenvalue weighted by atomic mass is 9.94. The van der Waals surface area contributed by atoms with Crippen molar-refractivity contribution in [1.82, 2.24) is 14.9 Å². The van der Waals surface area contributed by atoms with Gasteiger partial charge in [0.25, 0.3) is 5.91 Å². The van der Waals surface area contributed by atoms with Gasteiger partial charge in [0.05, 0.1) is 0 Å². The Morgan fingerprint density at radius 3 is 2.79 bits per heavy atom. The van der Waals surface area contributed by atoms with Crippen LogP contribution in [0, 0.1) is 19.7 Å². The molecule has 1 aliphatic rings. The fourth-order valence-electron chi connectivity index (χ4n) is 3.83. The van der Waals surface area contributed by atoms with Crippen molar-refractivity contribution in [3.05, 3.63) is 82.9 Å². The highest BCUT2D eigenvalue weighted by Crippen LogP contribution is 2.28. The van der Waals surface area contributed by atoms with Crippen molar-refractivity contribution in [2.24, 2.45) is 0 Å². The Balaban J connectivity index is 1.55. The molecule has 3 aromatic rings. The van der Waals surface area contributed by atoms with Crippen LogP contribution in [-0.2, 0) is 0 Å². The summed E-state index contributed by atoms with van der Waals surface area (Å²) in [4.78, 5) is 23.9. The Labute approximate surface area is 170 Å². The molecule has 0 unspecified atom stereocenters. The van der Waals surface area contributed by atoms with Gasteiger partial charge in [-0.1, -0.05) is 29.8 Å². The molecule has 2 aromatic carbocycles. The number of nitrogens with zero attached hydrogens (tertiary/aromatic N) is 3. The van der Waals surface area contributed by atoms with Crippen molar-refractivity contribution >= 4 is 5.91 Å². The maximum atomic E-state index is 13.9. The van der Waals surface area contributed by atoms with Crippen LogP contribution in [0.3, 0.4) is 0 Å². The number of piperidine rings is 1. The number of amides is 1. The minimum atomic E-state index is -0.344. The molecular formula is C24H24FN3O. The predicted octanol–water partition coefficient (Wildman–Crippen LogP) is 4.92. The molecule has 1 fully saturated rings. The van der Waals surface area contributed by atoms with Crippen LogP contribution in [0.1, 0.15) is 45.9 Å².